The maximum Gasteiger partial charge on any atom is 0.0117 e. The van der Waals surface area contributed by atoms with Gasteiger partial charge in [0.25, 0.3) is 0 Å². The van der Waals surface area contributed by atoms with Crippen LogP contribution in [-0.4, -0.2) is 12.6 Å². The number of unbranched alkanes of at least 4 members (excludes halogenated alkanes) is 1. The van der Waals surface area contributed by atoms with Crippen molar-refractivity contribution in [3.63, 3.8) is 0 Å². The van der Waals surface area contributed by atoms with Crippen molar-refractivity contribution in [3.8, 4) is 0 Å². The van der Waals surface area contributed by atoms with Gasteiger partial charge in [-0.25, -0.2) is 0 Å². The summed E-state index contributed by atoms with van der Waals surface area (Å²) >= 11 is 0. The van der Waals surface area contributed by atoms with Crippen LogP contribution in [0.15, 0.2) is 84.9 Å². The standard InChI is InChI=1S/C26H29N/c1-3-11-21(12-4-1)13-9-10-18-27-24-19-23-16-7-8-17-25(23)26(20-24)22-14-5-2-6-15-22/h1-8,11-12,14-17,24,26-27H,9-10,13,18-20H2/t24-,26-/m1/s1. The van der Waals surface area contributed by atoms with Gasteiger partial charge < -0.3 is 5.32 Å². The molecule has 0 aromatic heterocycles. The number of hydrogen-bond acceptors (Lipinski definition) is 1. The first-order chi connectivity index (χ1) is 13.4. The molecule has 1 aliphatic rings. The van der Waals surface area contributed by atoms with Gasteiger partial charge in [-0.1, -0.05) is 84.9 Å². The lowest BCUT2D eigenvalue weighted by molar-refractivity contribution is 0.428. The highest BCUT2D eigenvalue weighted by atomic mass is 14.9. The summed E-state index contributed by atoms with van der Waals surface area (Å²) < 4.78 is 0. The molecule has 3 aromatic carbocycles. The van der Waals surface area contributed by atoms with E-state index in [1.807, 2.05) is 0 Å². The Labute approximate surface area is 163 Å². The molecule has 0 amide bonds. The Bertz CT molecular complexity index is 825. The fourth-order valence-electron chi connectivity index (χ4n) is 4.38. The van der Waals surface area contributed by atoms with Crippen molar-refractivity contribution in [1.29, 1.82) is 0 Å². The van der Waals surface area contributed by atoms with Crippen molar-refractivity contribution in [1.82, 2.24) is 5.32 Å². The van der Waals surface area contributed by atoms with E-state index in [1.54, 1.807) is 0 Å². The second-order valence-corrected chi connectivity index (χ2v) is 7.70. The Kier molecular flexibility index (Phi) is 6.01. The summed E-state index contributed by atoms with van der Waals surface area (Å²) in [6.45, 7) is 1.11. The van der Waals surface area contributed by atoms with Gasteiger partial charge in [-0.2, -0.15) is 0 Å². The molecule has 27 heavy (non-hydrogen) atoms. The molecule has 0 saturated heterocycles. The van der Waals surface area contributed by atoms with Crippen molar-refractivity contribution in [2.75, 3.05) is 6.54 Å². The average molecular weight is 356 g/mol. The van der Waals surface area contributed by atoms with Crippen LogP contribution in [0, 0.1) is 0 Å². The first kappa shape index (κ1) is 18.0. The number of hydrogen-bond donors (Lipinski definition) is 1. The number of nitrogens with one attached hydrogen (secondary N) is 1. The molecule has 1 nitrogen and oxygen atoms in total. The SMILES string of the molecule is c1ccc(CCCCN[C@@H]2Cc3ccccc3[C@@H](c3ccccc3)C2)cc1. The van der Waals surface area contributed by atoms with Crippen molar-refractivity contribution in [2.24, 2.45) is 0 Å². The largest absolute Gasteiger partial charge is 0.314 e. The van der Waals surface area contributed by atoms with E-state index in [2.05, 4.69) is 90.2 Å². The monoisotopic (exact) mass is 355 g/mol. The maximum absolute atomic E-state index is 3.85. The summed E-state index contributed by atoms with van der Waals surface area (Å²) in [6, 6.07) is 31.4. The first-order valence-corrected chi connectivity index (χ1v) is 10.3. The minimum atomic E-state index is 0.512. The molecule has 1 N–H and O–H groups in total. The highest BCUT2D eigenvalue weighted by molar-refractivity contribution is 5.40. The number of aryl methyl sites for hydroxylation is 1. The predicted molar refractivity (Wildman–Crippen MR) is 114 cm³/mol. The van der Waals surface area contributed by atoms with Crippen LogP contribution in [0.3, 0.4) is 0 Å². The molecule has 0 heterocycles. The minimum Gasteiger partial charge on any atom is -0.314 e. The number of fused-ring (bicyclic) bond motifs is 1. The van der Waals surface area contributed by atoms with Crippen LogP contribution in [0.4, 0.5) is 0 Å². The van der Waals surface area contributed by atoms with Crippen molar-refractivity contribution in [3.05, 3.63) is 107 Å². The zero-order valence-corrected chi connectivity index (χ0v) is 16.0. The van der Waals surface area contributed by atoms with Crippen molar-refractivity contribution < 1.29 is 0 Å². The minimum absolute atomic E-state index is 0.512. The summed E-state index contributed by atoms with van der Waals surface area (Å²) in [6.07, 6.45) is 6.02. The van der Waals surface area contributed by atoms with E-state index in [4.69, 9.17) is 0 Å². The Morgan fingerprint density at radius 1 is 0.741 bits per heavy atom. The lowest BCUT2D eigenvalue weighted by Gasteiger charge is -2.32. The van der Waals surface area contributed by atoms with Crippen LogP contribution in [0.25, 0.3) is 0 Å². The van der Waals surface area contributed by atoms with E-state index in [0.29, 0.717) is 12.0 Å². The molecule has 2 atom stereocenters. The van der Waals surface area contributed by atoms with Gasteiger partial charge in [0.05, 0.1) is 0 Å². The van der Waals surface area contributed by atoms with Crippen LogP contribution in [0.1, 0.15) is 47.4 Å². The van der Waals surface area contributed by atoms with Gasteiger partial charge in [-0.3, -0.25) is 0 Å². The van der Waals surface area contributed by atoms with E-state index in [9.17, 15) is 0 Å². The van der Waals surface area contributed by atoms with Gasteiger partial charge in [0, 0.05) is 12.0 Å². The quantitative estimate of drug-likeness (QED) is 0.532. The third kappa shape index (κ3) is 4.67. The lowest BCUT2D eigenvalue weighted by atomic mass is 9.76. The Balaban J connectivity index is 1.34. The van der Waals surface area contributed by atoms with E-state index in [0.717, 1.165) is 13.0 Å². The Hall–Kier alpha value is -2.38. The Morgan fingerprint density at radius 2 is 1.44 bits per heavy atom. The average Bonchev–Trinajstić information content (AvgIpc) is 2.74. The molecule has 0 fully saturated rings. The van der Waals surface area contributed by atoms with Gasteiger partial charge in [0.1, 0.15) is 0 Å². The van der Waals surface area contributed by atoms with Crippen molar-refractivity contribution in [2.45, 2.75) is 44.1 Å². The molecule has 0 spiro atoms. The smallest absolute Gasteiger partial charge is 0.0117 e. The summed E-state index contributed by atoms with van der Waals surface area (Å²) in [5.41, 5.74) is 5.93. The van der Waals surface area contributed by atoms with E-state index in [-0.39, 0.29) is 0 Å². The first-order valence-electron chi connectivity index (χ1n) is 10.3. The van der Waals surface area contributed by atoms with Crippen LogP contribution in [-0.2, 0) is 12.8 Å². The van der Waals surface area contributed by atoms with Gasteiger partial charge in [-0.05, 0) is 60.9 Å². The van der Waals surface area contributed by atoms with Gasteiger partial charge in [0.15, 0.2) is 0 Å². The summed E-state index contributed by atoms with van der Waals surface area (Å²) in [4.78, 5) is 0. The number of benzene rings is 3. The third-order valence-electron chi connectivity index (χ3n) is 5.79. The van der Waals surface area contributed by atoms with Gasteiger partial charge >= 0.3 is 0 Å². The molecule has 1 heteroatoms. The molecule has 0 radical (unpaired) electrons. The second kappa shape index (κ2) is 9.01. The summed E-state index contributed by atoms with van der Waals surface area (Å²) in [7, 11) is 0. The fourth-order valence-corrected chi connectivity index (χ4v) is 4.38. The van der Waals surface area contributed by atoms with Gasteiger partial charge in [-0.15, -0.1) is 0 Å². The van der Waals surface area contributed by atoms with Crippen LogP contribution >= 0.6 is 0 Å². The lowest BCUT2D eigenvalue weighted by Crippen LogP contribution is -2.37. The van der Waals surface area contributed by atoms with Gasteiger partial charge in [0.2, 0.25) is 0 Å². The molecule has 3 aromatic rings. The third-order valence-corrected chi connectivity index (χ3v) is 5.79. The van der Waals surface area contributed by atoms with Crippen LogP contribution < -0.4 is 5.32 Å². The fraction of sp³-hybridized carbons (Fsp3) is 0.308. The molecule has 0 aliphatic heterocycles. The number of rotatable bonds is 7. The zero-order chi connectivity index (χ0) is 18.3. The molecular weight excluding hydrogens is 326 g/mol. The summed E-state index contributed by atoms with van der Waals surface area (Å²) in [5.74, 6) is 0.512. The zero-order valence-electron chi connectivity index (χ0n) is 16.0. The molecule has 4 rings (SSSR count). The maximum atomic E-state index is 3.85. The Morgan fingerprint density at radius 3 is 2.26 bits per heavy atom. The van der Waals surface area contributed by atoms with E-state index < -0.39 is 0 Å². The van der Waals surface area contributed by atoms with Crippen molar-refractivity contribution >= 4 is 0 Å². The normalized spacial score (nSPS) is 18.8. The molecule has 0 bridgehead atoms. The molecule has 138 valence electrons. The van der Waals surface area contributed by atoms with E-state index >= 15 is 0 Å². The highest BCUT2D eigenvalue weighted by Gasteiger charge is 2.27. The predicted octanol–water partition coefficient (Wildman–Crippen LogP) is 5.75. The van der Waals surface area contributed by atoms with E-state index in [1.165, 1.54) is 47.9 Å². The van der Waals surface area contributed by atoms with Crippen LogP contribution in [0.5, 0.6) is 0 Å². The molecule has 0 saturated carbocycles. The molecular formula is C26H29N. The summed E-state index contributed by atoms with van der Waals surface area (Å²) in [5, 5.41) is 3.85. The second-order valence-electron chi connectivity index (χ2n) is 7.70. The molecule has 0 unspecified atom stereocenters. The topological polar surface area (TPSA) is 12.0 Å². The highest BCUT2D eigenvalue weighted by Crippen LogP contribution is 2.36. The molecule has 1 aliphatic carbocycles. The van der Waals surface area contributed by atoms with Crippen LogP contribution in [0.2, 0.25) is 0 Å².